The van der Waals surface area contributed by atoms with Crippen molar-refractivity contribution < 1.29 is 15.0 Å². The van der Waals surface area contributed by atoms with E-state index in [1.807, 2.05) is 35.7 Å². The minimum Gasteiger partial charge on any atom is -0.504 e. The molecule has 0 aliphatic rings. The molecule has 0 aliphatic heterocycles. The van der Waals surface area contributed by atoms with Gasteiger partial charge in [-0.2, -0.15) is 0 Å². The maximum Gasteiger partial charge on any atom is 0.173 e. The third-order valence-electron chi connectivity index (χ3n) is 3.18. The van der Waals surface area contributed by atoms with Gasteiger partial charge in [0.25, 0.3) is 0 Å². The molecule has 0 saturated heterocycles. The average Bonchev–Trinajstić information content (AvgIpc) is 3.05. The van der Waals surface area contributed by atoms with E-state index in [1.165, 1.54) is 41.3 Å². The molecule has 0 unspecified atom stereocenters. The van der Waals surface area contributed by atoms with Crippen LogP contribution >= 0.6 is 23.1 Å². The van der Waals surface area contributed by atoms with Crippen LogP contribution in [0.5, 0.6) is 11.5 Å². The molecule has 0 aliphatic carbocycles. The number of hydrogen-bond donors (Lipinski definition) is 2. The van der Waals surface area contributed by atoms with Crippen molar-refractivity contribution in [1.82, 2.24) is 4.98 Å². The Hall–Kier alpha value is -2.31. The van der Waals surface area contributed by atoms with Crippen LogP contribution in [0.2, 0.25) is 0 Å². The summed E-state index contributed by atoms with van der Waals surface area (Å²) in [7, 11) is 0. The van der Waals surface area contributed by atoms with Crippen molar-refractivity contribution >= 4 is 28.9 Å². The van der Waals surface area contributed by atoms with Crippen LogP contribution in [0.4, 0.5) is 0 Å². The Morgan fingerprint density at radius 2 is 1.87 bits per heavy atom. The molecule has 3 aromatic rings. The number of aromatic hydroxyl groups is 2. The normalized spacial score (nSPS) is 10.6. The first-order valence-electron chi connectivity index (χ1n) is 6.82. The lowest BCUT2D eigenvalue weighted by atomic mass is 10.1. The highest BCUT2D eigenvalue weighted by Gasteiger charge is 2.11. The molecule has 0 spiro atoms. The molecular formula is C17H13NO3S2. The fraction of sp³-hybridized carbons (Fsp3) is 0.0588. The van der Waals surface area contributed by atoms with Gasteiger partial charge < -0.3 is 10.2 Å². The largest absolute Gasteiger partial charge is 0.504 e. The molecule has 1 heterocycles. The number of hydrogen-bond acceptors (Lipinski definition) is 6. The number of Topliss-reactive ketones (excluding diaryl/α,β-unsaturated/α-hetero) is 1. The van der Waals surface area contributed by atoms with E-state index in [0.717, 1.165) is 15.6 Å². The van der Waals surface area contributed by atoms with E-state index >= 15 is 0 Å². The Kier molecular flexibility index (Phi) is 4.64. The number of carbonyl (C=O) groups is 1. The number of benzene rings is 2. The lowest BCUT2D eigenvalue weighted by Crippen LogP contribution is -2.01. The maximum atomic E-state index is 12.1. The number of phenolic OH excluding ortho intramolecular Hbond substituents is 2. The standard InChI is InChI=1S/C17H13NO3S2/c19-14-7-6-12(8-15(14)20)16(21)10-23-17-18-13(9-22-17)11-4-2-1-3-5-11/h1-9,19-20H,10H2. The lowest BCUT2D eigenvalue weighted by molar-refractivity contribution is 0.102. The Balaban J connectivity index is 1.65. The van der Waals surface area contributed by atoms with Gasteiger partial charge in [0.1, 0.15) is 0 Å². The minimum atomic E-state index is -0.290. The second kappa shape index (κ2) is 6.85. The molecule has 0 fully saturated rings. The van der Waals surface area contributed by atoms with Crippen LogP contribution < -0.4 is 0 Å². The zero-order valence-corrected chi connectivity index (χ0v) is 13.6. The summed E-state index contributed by atoms with van der Waals surface area (Å²) in [6.07, 6.45) is 0. The van der Waals surface area contributed by atoms with Crippen LogP contribution in [-0.4, -0.2) is 26.7 Å². The van der Waals surface area contributed by atoms with Crippen LogP contribution in [0.25, 0.3) is 11.3 Å². The van der Waals surface area contributed by atoms with E-state index in [1.54, 1.807) is 0 Å². The minimum absolute atomic E-state index is 0.123. The Morgan fingerprint density at radius 3 is 2.61 bits per heavy atom. The topological polar surface area (TPSA) is 70.4 Å². The average molecular weight is 343 g/mol. The van der Waals surface area contributed by atoms with E-state index < -0.39 is 0 Å². The zero-order chi connectivity index (χ0) is 16.2. The molecule has 2 aromatic carbocycles. The summed E-state index contributed by atoms with van der Waals surface area (Å²) in [5.74, 6) is -0.420. The number of thioether (sulfide) groups is 1. The van der Waals surface area contributed by atoms with Crippen molar-refractivity contribution in [2.75, 3.05) is 5.75 Å². The number of phenols is 2. The van der Waals surface area contributed by atoms with Gasteiger partial charge in [-0.05, 0) is 18.2 Å². The maximum absolute atomic E-state index is 12.1. The van der Waals surface area contributed by atoms with Crippen LogP contribution in [0, 0.1) is 0 Å². The van der Waals surface area contributed by atoms with Crippen molar-refractivity contribution in [3.05, 3.63) is 59.5 Å². The molecule has 1 aromatic heterocycles. The smallest absolute Gasteiger partial charge is 0.173 e. The molecule has 0 bridgehead atoms. The first-order chi connectivity index (χ1) is 11.1. The van der Waals surface area contributed by atoms with Crippen molar-refractivity contribution in [3.8, 4) is 22.8 Å². The van der Waals surface area contributed by atoms with Crippen LogP contribution in [0.1, 0.15) is 10.4 Å². The predicted octanol–water partition coefficient (Wildman–Crippen LogP) is 4.20. The second-order valence-electron chi connectivity index (χ2n) is 4.78. The van der Waals surface area contributed by atoms with Gasteiger partial charge in [-0.25, -0.2) is 4.98 Å². The summed E-state index contributed by atoms with van der Waals surface area (Å²) < 4.78 is 0.820. The number of carbonyl (C=O) groups excluding carboxylic acids is 1. The van der Waals surface area contributed by atoms with Gasteiger partial charge in [0.05, 0.1) is 11.4 Å². The quantitative estimate of drug-likeness (QED) is 0.413. The number of nitrogens with zero attached hydrogens (tertiary/aromatic N) is 1. The molecule has 23 heavy (non-hydrogen) atoms. The molecule has 0 amide bonds. The fourth-order valence-corrected chi connectivity index (χ4v) is 3.70. The van der Waals surface area contributed by atoms with Gasteiger partial charge >= 0.3 is 0 Å². The number of rotatable bonds is 5. The number of thiazole rings is 1. The molecule has 4 nitrogen and oxygen atoms in total. The summed E-state index contributed by atoms with van der Waals surface area (Å²) in [5.41, 5.74) is 2.31. The van der Waals surface area contributed by atoms with E-state index in [9.17, 15) is 15.0 Å². The van der Waals surface area contributed by atoms with Crippen LogP contribution in [0.15, 0.2) is 58.3 Å². The monoisotopic (exact) mass is 343 g/mol. The summed E-state index contributed by atoms with van der Waals surface area (Å²) in [6, 6.07) is 13.9. The summed E-state index contributed by atoms with van der Waals surface area (Å²) >= 11 is 2.86. The van der Waals surface area contributed by atoms with Gasteiger partial charge in [0, 0.05) is 16.5 Å². The number of aromatic nitrogens is 1. The van der Waals surface area contributed by atoms with Gasteiger partial charge in [0.2, 0.25) is 0 Å². The Labute approximate surface area is 141 Å². The molecule has 116 valence electrons. The van der Waals surface area contributed by atoms with Gasteiger partial charge in [0.15, 0.2) is 21.6 Å². The molecule has 0 atom stereocenters. The van der Waals surface area contributed by atoms with Gasteiger partial charge in [-0.1, -0.05) is 42.1 Å². The van der Waals surface area contributed by atoms with Gasteiger partial charge in [-0.15, -0.1) is 11.3 Å². The van der Waals surface area contributed by atoms with E-state index in [-0.39, 0.29) is 23.0 Å². The second-order valence-corrected chi connectivity index (χ2v) is 6.86. The van der Waals surface area contributed by atoms with Crippen molar-refractivity contribution in [2.24, 2.45) is 0 Å². The van der Waals surface area contributed by atoms with Crippen LogP contribution in [-0.2, 0) is 0 Å². The first-order valence-corrected chi connectivity index (χ1v) is 8.69. The third-order valence-corrected chi connectivity index (χ3v) is 5.20. The lowest BCUT2D eigenvalue weighted by Gasteiger charge is -2.02. The van der Waals surface area contributed by atoms with Gasteiger partial charge in [-0.3, -0.25) is 4.79 Å². The Morgan fingerprint density at radius 1 is 1.09 bits per heavy atom. The van der Waals surface area contributed by atoms with Crippen molar-refractivity contribution in [1.29, 1.82) is 0 Å². The van der Waals surface area contributed by atoms with E-state index in [4.69, 9.17) is 0 Å². The van der Waals surface area contributed by atoms with E-state index in [0.29, 0.717) is 5.56 Å². The molecule has 2 N–H and O–H groups in total. The number of ketones is 1. The predicted molar refractivity (Wildman–Crippen MR) is 92.4 cm³/mol. The first kappa shape index (κ1) is 15.6. The van der Waals surface area contributed by atoms with Crippen molar-refractivity contribution in [3.63, 3.8) is 0 Å². The highest BCUT2D eigenvalue weighted by atomic mass is 32.2. The Bertz CT molecular complexity index is 831. The van der Waals surface area contributed by atoms with Crippen molar-refractivity contribution in [2.45, 2.75) is 4.34 Å². The third kappa shape index (κ3) is 3.72. The molecular weight excluding hydrogens is 330 g/mol. The summed E-state index contributed by atoms with van der Waals surface area (Å²) in [4.78, 5) is 16.6. The summed E-state index contributed by atoms with van der Waals surface area (Å²) in [5, 5.41) is 20.7. The summed E-state index contributed by atoms with van der Waals surface area (Å²) in [6.45, 7) is 0. The molecule has 3 rings (SSSR count). The SMILES string of the molecule is O=C(CSc1nc(-c2ccccc2)cs1)c1ccc(O)c(O)c1. The fourth-order valence-electron chi connectivity index (χ4n) is 1.97. The highest BCUT2D eigenvalue weighted by molar-refractivity contribution is 8.01. The zero-order valence-electron chi connectivity index (χ0n) is 12.0. The molecule has 6 heteroatoms. The molecule has 0 saturated carbocycles. The van der Waals surface area contributed by atoms with E-state index in [2.05, 4.69) is 4.98 Å². The van der Waals surface area contributed by atoms with Crippen LogP contribution in [0.3, 0.4) is 0 Å². The molecule has 0 radical (unpaired) electrons. The highest BCUT2D eigenvalue weighted by Crippen LogP contribution is 2.30.